The van der Waals surface area contributed by atoms with Crippen LogP contribution in [0.3, 0.4) is 0 Å². The summed E-state index contributed by atoms with van der Waals surface area (Å²) in [4.78, 5) is 10.7. The fraction of sp³-hybridized carbons (Fsp3) is 0.235. The molecule has 20 heavy (non-hydrogen) atoms. The number of carboxylic acid groups (broad SMARTS) is 1. The second-order valence-corrected chi connectivity index (χ2v) is 4.99. The Morgan fingerprint density at radius 3 is 2.45 bits per heavy atom. The molecule has 0 saturated carbocycles. The number of hydrogen-bond donors (Lipinski definition) is 1. The van der Waals surface area contributed by atoms with Gasteiger partial charge in [-0.1, -0.05) is 31.2 Å². The van der Waals surface area contributed by atoms with Gasteiger partial charge in [-0.05, 0) is 48.2 Å². The summed E-state index contributed by atoms with van der Waals surface area (Å²) in [6, 6.07) is 15.4. The summed E-state index contributed by atoms with van der Waals surface area (Å²) >= 11 is 0. The molecular weight excluding hydrogens is 252 g/mol. The first-order valence-electron chi connectivity index (χ1n) is 6.61. The van der Waals surface area contributed by atoms with Crippen LogP contribution in [0.5, 0.6) is 11.5 Å². The highest BCUT2D eigenvalue weighted by Crippen LogP contribution is 2.25. The molecule has 0 bridgehead atoms. The van der Waals surface area contributed by atoms with Crippen molar-refractivity contribution < 1.29 is 14.6 Å². The average molecular weight is 270 g/mol. The molecule has 104 valence electrons. The number of ether oxygens (including phenoxy) is 1. The van der Waals surface area contributed by atoms with E-state index in [-0.39, 0.29) is 12.3 Å². The van der Waals surface area contributed by atoms with Crippen molar-refractivity contribution in [2.24, 2.45) is 0 Å². The van der Waals surface area contributed by atoms with Crippen molar-refractivity contribution >= 4 is 5.97 Å². The normalized spacial score (nSPS) is 11.9. The molecule has 0 spiro atoms. The van der Waals surface area contributed by atoms with Gasteiger partial charge >= 0.3 is 5.97 Å². The summed E-state index contributed by atoms with van der Waals surface area (Å²) in [6.07, 6.45) is 0.137. The first-order valence-corrected chi connectivity index (χ1v) is 6.61. The molecule has 0 radical (unpaired) electrons. The van der Waals surface area contributed by atoms with E-state index in [1.807, 2.05) is 62.4 Å². The van der Waals surface area contributed by atoms with Crippen LogP contribution in [0.25, 0.3) is 0 Å². The van der Waals surface area contributed by atoms with E-state index in [1.54, 1.807) is 0 Å². The van der Waals surface area contributed by atoms with Gasteiger partial charge in [-0.25, -0.2) is 0 Å². The lowest BCUT2D eigenvalue weighted by Crippen LogP contribution is -2.02. The van der Waals surface area contributed by atoms with Crippen LogP contribution in [0.15, 0.2) is 48.5 Å². The molecule has 2 aromatic carbocycles. The van der Waals surface area contributed by atoms with Crippen molar-refractivity contribution in [3.63, 3.8) is 0 Å². The highest BCUT2D eigenvalue weighted by Gasteiger charge is 2.10. The highest BCUT2D eigenvalue weighted by molar-refractivity contribution is 5.68. The summed E-state index contributed by atoms with van der Waals surface area (Å²) in [5.74, 6) is 0.774. The van der Waals surface area contributed by atoms with Gasteiger partial charge < -0.3 is 9.84 Å². The van der Waals surface area contributed by atoms with Gasteiger partial charge in [0, 0.05) is 0 Å². The Hall–Kier alpha value is -2.29. The lowest BCUT2D eigenvalue weighted by molar-refractivity contribution is -0.137. The number of aryl methyl sites for hydroxylation is 1. The highest BCUT2D eigenvalue weighted by atomic mass is 16.5. The number of carbonyl (C=O) groups is 1. The van der Waals surface area contributed by atoms with Crippen molar-refractivity contribution in [1.29, 1.82) is 0 Å². The minimum Gasteiger partial charge on any atom is -0.481 e. The third-order valence-electron chi connectivity index (χ3n) is 3.16. The monoisotopic (exact) mass is 270 g/mol. The molecule has 0 aliphatic rings. The smallest absolute Gasteiger partial charge is 0.303 e. The molecule has 0 aliphatic carbocycles. The topological polar surface area (TPSA) is 46.5 Å². The van der Waals surface area contributed by atoms with E-state index >= 15 is 0 Å². The summed E-state index contributed by atoms with van der Waals surface area (Å²) in [6.45, 7) is 3.92. The summed E-state index contributed by atoms with van der Waals surface area (Å²) in [7, 11) is 0. The third-order valence-corrected chi connectivity index (χ3v) is 3.16. The first-order chi connectivity index (χ1) is 9.54. The molecule has 0 heterocycles. The molecule has 0 aliphatic heterocycles. The van der Waals surface area contributed by atoms with Gasteiger partial charge in [0.2, 0.25) is 0 Å². The van der Waals surface area contributed by atoms with E-state index in [0.717, 1.165) is 22.6 Å². The molecule has 3 heteroatoms. The maximum Gasteiger partial charge on any atom is 0.303 e. The summed E-state index contributed by atoms with van der Waals surface area (Å²) < 4.78 is 5.76. The zero-order valence-corrected chi connectivity index (χ0v) is 11.7. The Labute approximate surface area is 118 Å². The van der Waals surface area contributed by atoms with E-state index in [9.17, 15) is 4.79 Å². The van der Waals surface area contributed by atoms with Gasteiger partial charge in [0.25, 0.3) is 0 Å². The van der Waals surface area contributed by atoms with Crippen LogP contribution in [0.1, 0.15) is 30.4 Å². The minimum atomic E-state index is -0.780. The minimum absolute atomic E-state index is 0.000481. The van der Waals surface area contributed by atoms with Gasteiger partial charge in [-0.2, -0.15) is 0 Å². The number of carboxylic acids is 1. The second kappa shape index (κ2) is 6.24. The molecule has 3 nitrogen and oxygen atoms in total. The van der Waals surface area contributed by atoms with Crippen LogP contribution in [-0.4, -0.2) is 11.1 Å². The molecule has 0 aromatic heterocycles. The number of benzene rings is 2. The lowest BCUT2D eigenvalue weighted by Gasteiger charge is -2.11. The van der Waals surface area contributed by atoms with Crippen LogP contribution in [0.4, 0.5) is 0 Å². The van der Waals surface area contributed by atoms with Crippen LogP contribution in [-0.2, 0) is 4.79 Å². The van der Waals surface area contributed by atoms with Gasteiger partial charge in [0.1, 0.15) is 11.5 Å². The molecule has 0 amide bonds. The van der Waals surface area contributed by atoms with Crippen molar-refractivity contribution in [1.82, 2.24) is 0 Å². The van der Waals surface area contributed by atoms with E-state index < -0.39 is 5.97 Å². The number of rotatable bonds is 5. The molecule has 1 N–H and O–H groups in total. The van der Waals surface area contributed by atoms with E-state index in [4.69, 9.17) is 9.84 Å². The zero-order chi connectivity index (χ0) is 14.5. The van der Waals surface area contributed by atoms with Crippen LogP contribution in [0.2, 0.25) is 0 Å². The van der Waals surface area contributed by atoms with Crippen molar-refractivity contribution in [3.05, 3.63) is 59.7 Å². The maximum atomic E-state index is 10.7. The Morgan fingerprint density at radius 1 is 1.15 bits per heavy atom. The van der Waals surface area contributed by atoms with Gasteiger partial charge in [-0.3, -0.25) is 4.79 Å². The van der Waals surface area contributed by atoms with E-state index in [2.05, 4.69) is 0 Å². The molecule has 2 aromatic rings. The van der Waals surface area contributed by atoms with E-state index in [0.29, 0.717) is 0 Å². The predicted molar refractivity (Wildman–Crippen MR) is 78.4 cm³/mol. The summed E-state index contributed by atoms with van der Waals surface area (Å²) in [5.41, 5.74) is 2.15. The maximum absolute atomic E-state index is 10.7. The predicted octanol–water partition coefficient (Wildman–Crippen LogP) is 4.37. The Bertz CT molecular complexity index is 587. The standard InChI is InChI=1S/C17H18O3/c1-12-4-3-5-16(10-12)20-15-8-6-14(7-9-15)13(2)11-17(18)19/h3-10,13H,11H2,1-2H3,(H,18,19). The molecule has 0 fully saturated rings. The van der Waals surface area contributed by atoms with Gasteiger partial charge in [0.05, 0.1) is 6.42 Å². The third kappa shape index (κ3) is 3.85. The number of aliphatic carboxylic acids is 1. The second-order valence-electron chi connectivity index (χ2n) is 4.99. The fourth-order valence-electron chi connectivity index (χ4n) is 2.06. The fourth-order valence-corrected chi connectivity index (χ4v) is 2.06. The molecule has 2 rings (SSSR count). The molecule has 1 unspecified atom stereocenters. The van der Waals surface area contributed by atoms with Crippen molar-refractivity contribution in [2.45, 2.75) is 26.2 Å². The average Bonchev–Trinajstić information content (AvgIpc) is 2.38. The van der Waals surface area contributed by atoms with Gasteiger partial charge in [-0.15, -0.1) is 0 Å². The first kappa shape index (κ1) is 14.1. The van der Waals surface area contributed by atoms with E-state index in [1.165, 1.54) is 0 Å². The number of hydrogen-bond acceptors (Lipinski definition) is 2. The Balaban J connectivity index is 2.06. The van der Waals surface area contributed by atoms with Crippen molar-refractivity contribution in [3.8, 4) is 11.5 Å². The zero-order valence-electron chi connectivity index (χ0n) is 11.7. The van der Waals surface area contributed by atoms with Crippen LogP contribution in [0, 0.1) is 6.92 Å². The largest absolute Gasteiger partial charge is 0.481 e. The van der Waals surface area contributed by atoms with Crippen LogP contribution >= 0.6 is 0 Å². The lowest BCUT2D eigenvalue weighted by atomic mass is 9.98. The summed E-state index contributed by atoms with van der Waals surface area (Å²) in [5, 5.41) is 8.80. The van der Waals surface area contributed by atoms with Gasteiger partial charge in [0.15, 0.2) is 0 Å². The molecular formula is C17H18O3. The Morgan fingerprint density at radius 2 is 1.85 bits per heavy atom. The van der Waals surface area contributed by atoms with Crippen LogP contribution < -0.4 is 4.74 Å². The quantitative estimate of drug-likeness (QED) is 0.877. The Kier molecular flexibility index (Phi) is 4.41. The molecule has 1 atom stereocenters. The molecule has 0 saturated heterocycles. The van der Waals surface area contributed by atoms with Crippen molar-refractivity contribution in [2.75, 3.05) is 0 Å². The SMILES string of the molecule is Cc1cccc(Oc2ccc(C(C)CC(=O)O)cc2)c1.